The van der Waals surface area contributed by atoms with Gasteiger partial charge in [0.1, 0.15) is 15.8 Å². The van der Waals surface area contributed by atoms with Gasteiger partial charge in [-0.05, 0) is 23.4 Å². The van der Waals surface area contributed by atoms with Crippen LogP contribution in [0, 0.1) is 0 Å². The maximum atomic E-state index is 9.77. The molecule has 3 heterocycles. The van der Waals surface area contributed by atoms with Gasteiger partial charge in [0, 0.05) is 13.0 Å². The fourth-order valence-electron chi connectivity index (χ4n) is 1.97. The standard InChI is InChI=1S/C14H14N2O2S4/c1-2-8(18)9(19)11-15-13-14(21-11)16-12(22-13)10-7(3-5-17)4-6-20-10/h4,6,17-19H,2-3,5H2,1H3/b9-8+. The number of thiophene rings is 1. The van der Waals surface area contributed by atoms with Crippen LogP contribution in [0.15, 0.2) is 17.2 Å². The first-order valence-electron chi connectivity index (χ1n) is 6.70. The number of thiol groups is 1. The van der Waals surface area contributed by atoms with Gasteiger partial charge >= 0.3 is 0 Å². The predicted molar refractivity (Wildman–Crippen MR) is 98.2 cm³/mol. The molecule has 22 heavy (non-hydrogen) atoms. The molecule has 0 radical (unpaired) electrons. The maximum absolute atomic E-state index is 9.77. The third kappa shape index (κ3) is 2.93. The summed E-state index contributed by atoms with van der Waals surface area (Å²) >= 11 is 8.94. The number of aromatic nitrogens is 2. The van der Waals surface area contributed by atoms with Crippen molar-refractivity contribution >= 4 is 61.2 Å². The summed E-state index contributed by atoms with van der Waals surface area (Å²) in [6.07, 6.45) is 1.17. The van der Waals surface area contributed by atoms with Crippen LogP contribution in [0.25, 0.3) is 24.5 Å². The summed E-state index contributed by atoms with van der Waals surface area (Å²) in [5.41, 5.74) is 1.12. The van der Waals surface area contributed by atoms with Crippen molar-refractivity contribution in [1.29, 1.82) is 0 Å². The first kappa shape index (κ1) is 15.9. The topological polar surface area (TPSA) is 66.2 Å². The molecule has 0 unspecified atom stereocenters. The van der Waals surface area contributed by atoms with Crippen LogP contribution in [0.5, 0.6) is 0 Å². The van der Waals surface area contributed by atoms with Crippen molar-refractivity contribution < 1.29 is 10.2 Å². The maximum Gasteiger partial charge on any atom is 0.155 e. The Bertz CT molecular complexity index is 799. The minimum atomic E-state index is 0.135. The van der Waals surface area contributed by atoms with E-state index < -0.39 is 0 Å². The van der Waals surface area contributed by atoms with E-state index in [0.717, 1.165) is 25.1 Å². The summed E-state index contributed by atoms with van der Waals surface area (Å²) in [5, 5.41) is 22.5. The first-order valence-corrected chi connectivity index (χ1v) is 9.66. The number of thiazole rings is 2. The molecule has 0 bridgehead atoms. The van der Waals surface area contributed by atoms with Crippen LogP contribution in [-0.2, 0) is 6.42 Å². The second-order valence-corrected chi connectivity index (χ2v) is 7.86. The summed E-state index contributed by atoms with van der Waals surface area (Å²) in [6, 6.07) is 2.03. The second kappa shape index (κ2) is 6.67. The highest BCUT2D eigenvalue weighted by Crippen LogP contribution is 2.39. The molecule has 0 atom stereocenters. The molecule has 0 fully saturated rings. The van der Waals surface area contributed by atoms with Gasteiger partial charge < -0.3 is 10.2 Å². The lowest BCUT2D eigenvalue weighted by atomic mass is 10.2. The van der Waals surface area contributed by atoms with E-state index in [1.165, 1.54) is 22.7 Å². The van der Waals surface area contributed by atoms with Gasteiger partial charge in [0.05, 0.1) is 9.78 Å². The van der Waals surface area contributed by atoms with Crippen molar-refractivity contribution in [2.45, 2.75) is 19.8 Å². The predicted octanol–water partition coefficient (Wildman–Crippen LogP) is 4.58. The monoisotopic (exact) mass is 370 g/mol. The molecule has 8 heteroatoms. The summed E-state index contributed by atoms with van der Waals surface area (Å²) in [5.74, 6) is 0.244. The molecule has 2 N–H and O–H groups in total. The Morgan fingerprint density at radius 2 is 2.05 bits per heavy atom. The third-order valence-electron chi connectivity index (χ3n) is 3.11. The highest BCUT2D eigenvalue weighted by atomic mass is 32.1. The minimum Gasteiger partial charge on any atom is -0.511 e. The lowest BCUT2D eigenvalue weighted by molar-refractivity contribution is 0.300. The molecule has 4 nitrogen and oxygen atoms in total. The van der Waals surface area contributed by atoms with Crippen LogP contribution in [0.1, 0.15) is 23.9 Å². The van der Waals surface area contributed by atoms with E-state index in [1.54, 1.807) is 11.3 Å². The Morgan fingerprint density at radius 3 is 2.73 bits per heavy atom. The van der Waals surface area contributed by atoms with Gasteiger partial charge in [-0.2, -0.15) is 0 Å². The highest BCUT2D eigenvalue weighted by Gasteiger charge is 2.17. The van der Waals surface area contributed by atoms with Gasteiger partial charge in [-0.25, -0.2) is 9.97 Å². The molecular weight excluding hydrogens is 356 g/mol. The van der Waals surface area contributed by atoms with Gasteiger partial charge in [-0.3, -0.25) is 0 Å². The Balaban J connectivity index is 1.99. The summed E-state index contributed by atoms with van der Waals surface area (Å²) in [4.78, 5) is 12.5. The van der Waals surface area contributed by atoms with Crippen LogP contribution in [0.2, 0.25) is 0 Å². The van der Waals surface area contributed by atoms with E-state index in [2.05, 4.69) is 22.6 Å². The van der Waals surface area contributed by atoms with E-state index >= 15 is 0 Å². The van der Waals surface area contributed by atoms with Gasteiger partial charge in [0.15, 0.2) is 9.66 Å². The van der Waals surface area contributed by atoms with Crippen LogP contribution >= 0.6 is 46.6 Å². The van der Waals surface area contributed by atoms with Gasteiger partial charge in [-0.15, -0.1) is 24.0 Å². The van der Waals surface area contributed by atoms with Crippen LogP contribution in [0.3, 0.4) is 0 Å². The molecule has 0 saturated heterocycles. The largest absolute Gasteiger partial charge is 0.511 e. The van der Waals surface area contributed by atoms with Crippen LogP contribution in [-0.4, -0.2) is 26.8 Å². The fraction of sp³-hybridized carbons (Fsp3) is 0.286. The van der Waals surface area contributed by atoms with Crippen molar-refractivity contribution in [3.8, 4) is 9.88 Å². The molecule has 0 spiro atoms. The molecule has 0 aromatic carbocycles. The van der Waals surface area contributed by atoms with Gasteiger partial charge in [0.2, 0.25) is 0 Å². The summed E-state index contributed by atoms with van der Waals surface area (Å²) in [7, 11) is 0. The van der Waals surface area contributed by atoms with Crippen molar-refractivity contribution in [3.63, 3.8) is 0 Å². The lowest BCUT2D eigenvalue weighted by Crippen LogP contribution is -1.89. The molecular formula is C14H14N2O2S4. The molecule has 0 amide bonds. The molecule has 3 aromatic rings. The zero-order valence-corrected chi connectivity index (χ0v) is 15.1. The number of aliphatic hydroxyl groups is 2. The lowest BCUT2D eigenvalue weighted by Gasteiger charge is -1.99. The molecule has 0 aliphatic carbocycles. The minimum absolute atomic E-state index is 0.135. The molecule has 116 valence electrons. The van der Waals surface area contributed by atoms with Crippen molar-refractivity contribution in [2.75, 3.05) is 6.61 Å². The molecule has 0 aliphatic rings. The SMILES string of the molecule is CC/C(O)=C(\S)c1nc2sc(-c3sccc3CCO)nc2s1. The van der Waals surface area contributed by atoms with Crippen LogP contribution in [0.4, 0.5) is 0 Å². The zero-order chi connectivity index (χ0) is 15.7. The normalized spacial score (nSPS) is 12.9. The van der Waals surface area contributed by atoms with Crippen LogP contribution < -0.4 is 0 Å². The van der Waals surface area contributed by atoms with E-state index in [4.69, 9.17) is 5.11 Å². The Kier molecular flexibility index (Phi) is 4.84. The summed E-state index contributed by atoms with van der Waals surface area (Å²) < 4.78 is 0. The Morgan fingerprint density at radius 1 is 1.27 bits per heavy atom. The second-order valence-electron chi connectivity index (χ2n) is 4.55. The van der Waals surface area contributed by atoms with Gasteiger partial charge in [-0.1, -0.05) is 29.6 Å². The molecule has 3 rings (SSSR count). The number of hydrogen-bond donors (Lipinski definition) is 3. The number of rotatable bonds is 5. The average molecular weight is 371 g/mol. The fourth-order valence-corrected chi connectivity index (χ4v) is 5.41. The van der Waals surface area contributed by atoms with Crippen molar-refractivity contribution in [3.05, 3.63) is 27.8 Å². The molecule has 0 aliphatic heterocycles. The van der Waals surface area contributed by atoms with E-state index in [1.807, 2.05) is 18.4 Å². The van der Waals surface area contributed by atoms with Crippen molar-refractivity contribution in [2.24, 2.45) is 0 Å². The molecule has 3 aromatic heterocycles. The number of aliphatic hydroxyl groups excluding tert-OH is 2. The Labute approximate surface area is 145 Å². The smallest absolute Gasteiger partial charge is 0.155 e. The average Bonchev–Trinajstić information content (AvgIpc) is 3.19. The van der Waals surface area contributed by atoms with E-state index in [9.17, 15) is 5.11 Å². The highest BCUT2D eigenvalue weighted by molar-refractivity contribution is 7.90. The van der Waals surface area contributed by atoms with Gasteiger partial charge in [0.25, 0.3) is 0 Å². The van der Waals surface area contributed by atoms with E-state index in [-0.39, 0.29) is 12.4 Å². The van der Waals surface area contributed by atoms with Crippen molar-refractivity contribution in [1.82, 2.24) is 9.97 Å². The zero-order valence-electron chi connectivity index (χ0n) is 11.7. The molecule has 0 saturated carbocycles. The number of fused-ring (bicyclic) bond motifs is 1. The summed E-state index contributed by atoms with van der Waals surface area (Å²) in [6.45, 7) is 2.01. The third-order valence-corrected chi connectivity index (χ3v) is 6.89. The number of allylic oxidation sites excluding steroid dienone is 1. The Hall–Kier alpha value is -0.930. The number of nitrogens with zero attached hydrogens (tertiary/aromatic N) is 2. The van der Waals surface area contributed by atoms with E-state index in [0.29, 0.717) is 22.8 Å². The number of hydrogen-bond acceptors (Lipinski definition) is 8. The first-order chi connectivity index (χ1) is 10.6. The quantitative estimate of drug-likeness (QED) is 0.454.